The highest BCUT2D eigenvalue weighted by Crippen LogP contribution is 2.31. The zero-order chi connectivity index (χ0) is 25.4. The molecular formula is C27H28N8O2. The molecule has 1 amide bonds. The Morgan fingerprint density at radius 3 is 2.97 bits per heavy atom. The summed E-state index contributed by atoms with van der Waals surface area (Å²) in [4.78, 5) is 30.8. The van der Waals surface area contributed by atoms with Gasteiger partial charge in [0.15, 0.2) is 5.65 Å². The second-order valence-corrected chi connectivity index (χ2v) is 9.22. The van der Waals surface area contributed by atoms with Crippen molar-refractivity contribution in [3.8, 4) is 11.3 Å². The van der Waals surface area contributed by atoms with Gasteiger partial charge in [-0.15, -0.1) is 0 Å². The van der Waals surface area contributed by atoms with Crippen LogP contribution in [0.3, 0.4) is 0 Å². The van der Waals surface area contributed by atoms with Crippen molar-refractivity contribution >= 4 is 33.8 Å². The van der Waals surface area contributed by atoms with Gasteiger partial charge in [0.05, 0.1) is 25.0 Å². The van der Waals surface area contributed by atoms with E-state index in [1.807, 2.05) is 34.8 Å². The first-order valence-corrected chi connectivity index (χ1v) is 12.5. The molecule has 0 aliphatic carbocycles. The third-order valence-corrected chi connectivity index (χ3v) is 6.86. The van der Waals surface area contributed by atoms with Gasteiger partial charge in [-0.2, -0.15) is 5.10 Å². The molecule has 188 valence electrons. The summed E-state index contributed by atoms with van der Waals surface area (Å²) in [5.41, 5.74) is 12.9. The van der Waals surface area contributed by atoms with Gasteiger partial charge in [-0.05, 0) is 42.2 Å². The molecule has 0 atom stereocenters. The number of fused-ring (bicyclic) bond motifs is 3. The Morgan fingerprint density at radius 1 is 1.16 bits per heavy atom. The van der Waals surface area contributed by atoms with Crippen LogP contribution < -0.4 is 5.73 Å². The number of pyridine rings is 1. The summed E-state index contributed by atoms with van der Waals surface area (Å²) >= 11 is 0. The topological polar surface area (TPSA) is 128 Å². The van der Waals surface area contributed by atoms with E-state index in [0.717, 1.165) is 34.0 Å². The summed E-state index contributed by atoms with van der Waals surface area (Å²) in [6.07, 6.45) is 6.37. The average Bonchev–Trinajstić information content (AvgIpc) is 3.53. The second-order valence-electron chi connectivity index (χ2n) is 9.22. The molecule has 37 heavy (non-hydrogen) atoms. The van der Waals surface area contributed by atoms with E-state index >= 15 is 0 Å². The third kappa shape index (κ3) is 4.40. The van der Waals surface area contributed by atoms with E-state index < -0.39 is 0 Å². The van der Waals surface area contributed by atoms with Gasteiger partial charge in [-0.3, -0.25) is 4.79 Å². The molecule has 5 aromatic rings. The van der Waals surface area contributed by atoms with Crippen LogP contribution in [0, 0.1) is 0 Å². The summed E-state index contributed by atoms with van der Waals surface area (Å²) in [6.45, 7) is 4.93. The molecule has 0 saturated carbocycles. The molecule has 0 radical (unpaired) electrons. The van der Waals surface area contributed by atoms with Crippen molar-refractivity contribution in [3.63, 3.8) is 0 Å². The van der Waals surface area contributed by atoms with Gasteiger partial charge in [-0.25, -0.2) is 19.6 Å². The van der Waals surface area contributed by atoms with Crippen LogP contribution in [0.15, 0.2) is 49.1 Å². The summed E-state index contributed by atoms with van der Waals surface area (Å²) in [6, 6.07) is 10.4. The minimum Gasteiger partial charge on any atom is -0.383 e. The molecule has 4 aromatic heterocycles. The van der Waals surface area contributed by atoms with E-state index in [4.69, 9.17) is 15.6 Å². The lowest BCUT2D eigenvalue weighted by Gasteiger charge is -2.29. The predicted octanol–water partition coefficient (Wildman–Crippen LogP) is 3.31. The van der Waals surface area contributed by atoms with Crippen molar-refractivity contribution in [2.24, 2.45) is 0 Å². The van der Waals surface area contributed by atoms with Gasteiger partial charge in [0, 0.05) is 43.0 Å². The zero-order valence-corrected chi connectivity index (χ0v) is 20.6. The largest absolute Gasteiger partial charge is 0.383 e. The van der Waals surface area contributed by atoms with Crippen molar-refractivity contribution in [3.05, 3.63) is 65.7 Å². The van der Waals surface area contributed by atoms with Crippen LogP contribution in [0.4, 0.5) is 5.82 Å². The van der Waals surface area contributed by atoms with Crippen LogP contribution in [0.5, 0.6) is 0 Å². The summed E-state index contributed by atoms with van der Waals surface area (Å²) < 4.78 is 7.22. The number of carbonyl (C=O) groups is 1. The minimum atomic E-state index is 0.142. The van der Waals surface area contributed by atoms with Gasteiger partial charge >= 0.3 is 0 Å². The fourth-order valence-corrected chi connectivity index (χ4v) is 4.96. The number of hydrogen-bond acceptors (Lipinski definition) is 7. The molecule has 10 nitrogen and oxygen atoms in total. The number of H-pyrrole nitrogens is 1. The standard InChI is InChI=1S/C27H28N8O2/c1-2-37-10-7-22(36)34-9-6-18-11-17(3-4-20(18)15-34)14-35-27-23(25(28)31-16-32-27)24(33-35)21-12-19-5-8-29-26(19)30-13-21/h3-5,8,11-13,16H,2,6-7,9-10,14-15H2,1H3,(H,29,30)(H2,28,31,32). The maximum Gasteiger partial charge on any atom is 0.225 e. The lowest BCUT2D eigenvalue weighted by molar-refractivity contribution is -0.133. The Hall–Kier alpha value is -4.31. The van der Waals surface area contributed by atoms with Crippen LogP contribution in [0.25, 0.3) is 33.3 Å². The monoisotopic (exact) mass is 496 g/mol. The number of anilines is 1. The van der Waals surface area contributed by atoms with Gasteiger partial charge in [0.1, 0.15) is 23.5 Å². The fraction of sp³-hybridized carbons (Fsp3) is 0.296. The average molecular weight is 497 g/mol. The summed E-state index contributed by atoms with van der Waals surface area (Å²) in [5, 5.41) is 6.63. The van der Waals surface area contributed by atoms with Gasteiger partial charge in [0.2, 0.25) is 5.91 Å². The third-order valence-electron chi connectivity index (χ3n) is 6.86. The highest BCUT2D eigenvalue weighted by Gasteiger charge is 2.22. The molecule has 0 unspecified atom stereocenters. The number of aromatic amines is 1. The molecule has 1 aliphatic rings. The number of rotatable bonds is 7. The Bertz CT molecular complexity index is 1610. The zero-order valence-electron chi connectivity index (χ0n) is 20.6. The smallest absolute Gasteiger partial charge is 0.225 e. The van der Waals surface area contributed by atoms with Crippen LogP contribution >= 0.6 is 0 Å². The van der Waals surface area contributed by atoms with Crippen LogP contribution in [0.2, 0.25) is 0 Å². The van der Waals surface area contributed by atoms with Crippen molar-refractivity contribution < 1.29 is 9.53 Å². The van der Waals surface area contributed by atoms with Crippen LogP contribution in [-0.2, 0) is 29.0 Å². The van der Waals surface area contributed by atoms with Crippen LogP contribution in [0.1, 0.15) is 30.0 Å². The van der Waals surface area contributed by atoms with E-state index in [2.05, 4.69) is 38.1 Å². The number of aromatic nitrogens is 6. The van der Waals surface area contributed by atoms with Crippen molar-refractivity contribution in [2.75, 3.05) is 25.5 Å². The Morgan fingerprint density at radius 2 is 2.08 bits per heavy atom. The fourth-order valence-electron chi connectivity index (χ4n) is 4.96. The van der Waals surface area contributed by atoms with Gasteiger partial charge in [-0.1, -0.05) is 18.2 Å². The predicted molar refractivity (Wildman–Crippen MR) is 141 cm³/mol. The number of carbonyl (C=O) groups excluding carboxylic acids is 1. The Kier molecular flexibility index (Phi) is 6.01. The van der Waals surface area contributed by atoms with Crippen molar-refractivity contribution in [1.82, 2.24) is 34.6 Å². The lowest BCUT2D eigenvalue weighted by Crippen LogP contribution is -2.36. The maximum absolute atomic E-state index is 12.5. The number of nitrogens with zero attached hydrogens (tertiary/aromatic N) is 6. The van der Waals surface area contributed by atoms with E-state index in [1.165, 1.54) is 17.5 Å². The summed E-state index contributed by atoms with van der Waals surface area (Å²) in [7, 11) is 0. The lowest BCUT2D eigenvalue weighted by atomic mass is 9.97. The first kappa shape index (κ1) is 23.1. The molecule has 1 aromatic carbocycles. The molecule has 3 N–H and O–H groups in total. The van der Waals surface area contributed by atoms with Gasteiger partial charge < -0.3 is 20.4 Å². The SMILES string of the molecule is CCOCCC(=O)N1CCc2cc(Cn3nc(-c4cnc5[nH]ccc5c4)c4c(N)ncnc43)ccc2C1. The number of amides is 1. The normalized spacial score (nSPS) is 13.4. The second kappa shape index (κ2) is 9.62. The number of nitrogen functional groups attached to an aromatic ring is 1. The van der Waals surface area contributed by atoms with Crippen molar-refractivity contribution in [2.45, 2.75) is 32.9 Å². The number of nitrogens with two attached hydrogens (primary N) is 1. The molecule has 5 heterocycles. The number of hydrogen-bond donors (Lipinski definition) is 2. The number of nitrogens with one attached hydrogen (secondary N) is 1. The Labute approximate surface area is 213 Å². The minimum absolute atomic E-state index is 0.142. The molecule has 6 rings (SSSR count). The van der Waals surface area contributed by atoms with Crippen LogP contribution in [-0.4, -0.2) is 60.3 Å². The molecule has 0 fully saturated rings. The van der Waals surface area contributed by atoms with E-state index in [9.17, 15) is 4.79 Å². The summed E-state index contributed by atoms with van der Waals surface area (Å²) in [5.74, 6) is 0.531. The molecule has 1 aliphatic heterocycles. The first-order valence-electron chi connectivity index (χ1n) is 12.5. The van der Waals surface area contributed by atoms with E-state index in [0.29, 0.717) is 56.4 Å². The highest BCUT2D eigenvalue weighted by molar-refractivity contribution is 5.99. The first-order chi connectivity index (χ1) is 18.1. The van der Waals surface area contributed by atoms with E-state index in [-0.39, 0.29) is 5.91 Å². The molecular weight excluding hydrogens is 468 g/mol. The molecule has 0 bridgehead atoms. The van der Waals surface area contributed by atoms with Gasteiger partial charge in [0.25, 0.3) is 0 Å². The quantitative estimate of drug-likeness (QED) is 0.331. The van der Waals surface area contributed by atoms with E-state index in [1.54, 1.807) is 6.20 Å². The maximum atomic E-state index is 12.5. The molecule has 10 heteroatoms. The molecule has 0 saturated heterocycles. The highest BCUT2D eigenvalue weighted by atomic mass is 16.5. The Balaban J connectivity index is 1.28. The van der Waals surface area contributed by atoms with Crippen molar-refractivity contribution in [1.29, 1.82) is 0 Å². The number of benzene rings is 1. The number of ether oxygens (including phenoxy) is 1. The molecule has 0 spiro atoms.